The number of pyridine rings is 3. The fourth-order valence-corrected chi connectivity index (χ4v) is 4.59. The number of nitrogens with one attached hydrogen (secondary N) is 3. The molecular weight excluding hydrogens is 466 g/mol. The SMILES string of the molecule is CC(C)(C)C(=O)Nc1cncc(-c2cc3c(-c4nc5c(N6CCCCC6)nccc5[nH]4)n[nH]c3cn2)c1. The van der Waals surface area contributed by atoms with Gasteiger partial charge in [-0.3, -0.25) is 19.9 Å². The Kier molecular flexibility index (Phi) is 5.58. The zero-order valence-corrected chi connectivity index (χ0v) is 21.2. The number of rotatable bonds is 4. The lowest BCUT2D eigenvalue weighted by molar-refractivity contribution is -0.123. The summed E-state index contributed by atoms with van der Waals surface area (Å²) in [7, 11) is 0. The van der Waals surface area contributed by atoms with Crippen LogP contribution in [0.4, 0.5) is 11.5 Å². The molecule has 10 heteroatoms. The minimum absolute atomic E-state index is 0.0738. The molecule has 0 bridgehead atoms. The predicted octanol–water partition coefficient (Wildman–Crippen LogP) is 4.93. The summed E-state index contributed by atoms with van der Waals surface area (Å²) in [5.74, 6) is 1.52. The van der Waals surface area contributed by atoms with Gasteiger partial charge in [-0.15, -0.1) is 0 Å². The van der Waals surface area contributed by atoms with Crippen LogP contribution < -0.4 is 10.2 Å². The van der Waals surface area contributed by atoms with Crippen LogP contribution in [0.5, 0.6) is 0 Å². The Hall–Kier alpha value is -4.34. The Labute approximate surface area is 214 Å². The van der Waals surface area contributed by atoms with Crippen molar-refractivity contribution >= 4 is 39.3 Å². The highest BCUT2D eigenvalue weighted by Crippen LogP contribution is 2.32. The van der Waals surface area contributed by atoms with E-state index >= 15 is 0 Å². The Morgan fingerprint density at radius 1 is 1.03 bits per heavy atom. The van der Waals surface area contributed by atoms with Crippen LogP contribution >= 0.6 is 0 Å². The maximum Gasteiger partial charge on any atom is 0.229 e. The zero-order valence-electron chi connectivity index (χ0n) is 21.2. The molecule has 1 aliphatic rings. The van der Waals surface area contributed by atoms with Crippen LogP contribution in [0.2, 0.25) is 0 Å². The minimum Gasteiger partial charge on any atom is -0.355 e. The van der Waals surface area contributed by atoms with Gasteiger partial charge in [0.2, 0.25) is 5.91 Å². The molecular formula is C27H29N9O. The second-order valence-electron chi connectivity index (χ2n) is 10.5. The van der Waals surface area contributed by atoms with Crippen LogP contribution in [0.25, 0.3) is 44.7 Å². The first-order valence-electron chi connectivity index (χ1n) is 12.6. The number of imidazole rings is 1. The van der Waals surface area contributed by atoms with Crippen molar-refractivity contribution in [3.05, 3.63) is 43.0 Å². The van der Waals surface area contributed by atoms with Gasteiger partial charge in [-0.2, -0.15) is 5.10 Å². The molecule has 0 unspecified atom stereocenters. The molecule has 5 aromatic heterocycles. The fourth-order valence-electron chi connectivity index (χ4n) is 4.59. The summed E-state index contributed by atoms with van der Waals surface area (Å²) in [6.45, 7) is 7.62. The molecule has 0 aromatic carbocycles. The maximum absolute atomic E-state index is 12.4. The minimum atomic E-state index is -0.505. The van der Waals surface area contributed by atoms with Gasteiger partial charge in [0.05, 0.1) is 34.8 Å². The van der Waals surface area contributed by atoms with Crippen molar-refractivity contribution in [1.29, 1.82) is 0 Å². The molecule has 0 spiro atoms. The average Bonchev–Trinajstić information content (AvgIpc) is 3.52. The summed E-state index contributed by atoms with van der Waals surface area (Å²) in [4.78, 5) is 36.7. The number of hydrogen-bond acceptors (Lipinski definition) is 7. The Bertz CT molecular complexity index is 1610. The van der Waals surface area contributed by atoms with Gasteiger partial charge >= 0.3 is 0 Å². The second kappa shape index (κ2) is 8.95. The number of aromatic amines is 2. The third kappa shape index (κ3) is 4.39. The van der Waals surface area contributed by atoms with Crippen LogP contribution in [0.1, 0.15) is 40.0 Å². The van der Waals surface area contributed by atoms with E-state index in [0.717, 1.165) is 52.1 Å². The second-order valence-corrected chi connectivity index (χ2v) is 10.5. The van der Waals surface area contributed by atoms with E-state index in [9.17, 15) is 4.79 Å². The number of hydrogen-bond donors (Lipinski definition) is 3. The third-order valence-corrected chi connectivity index (χ3v) is 6.68. The van der Waals surface area contributed by atoms with Crippen molar-refractivity contribution in [1.82, 2.24) is 35.1 Å². The number of nitrogens with zero attached hydrogens (tertiary/aromatic N) is 6. The molecule has 5 aromatic rings. The molecule has 1 aliphatic heterocycles. The van der Waals surface area contributed by atoms with Gasteiger partial charge in [-0.25, -0.2) is 9.97 Å². The molecule has 0 radical (unpaired) electrons. The highest BCUT2D eigenvalue weighted by molar-refractivity contribution is 5.97. The van der Waals surface area contributed by atoms with Gasteiger partial charge in [0.25, 0.3) is 0 Å². The first-order valence-corrected chi connectivity index (χ1v) is 12.6. The van der Waals surface area contributed by atoms with E-state index in [1.54, 1.807) is 18.6 Å². The van der Waals surface area contributed by atoms with E-state index in [0.29, 0.717) is 17.2 Å². The van der Waals surface area contributed by atoms with Gasteiger partial charge < -0.3 is 15.2 Å². The van der Waals surface area contributed by atoms with Crippen molar-refractivity contribution in [3.8, 4) is 22.8 Å². The molecule has 1 fully saturated rings. The van der Waals surface area contributed by atoms with E-state index in [-0.39, 0.29) is 5.91 Å². The number of piperidine rings is 1. The van der Waals surface area contributed by atoms with E-state index in [2.05, 4.69) is 40.3 Å². The maximum atomic E-state index is 12.4. The molecule has 1 amide bonds. The van der Waals surface area contributed by atoms with E-state index in [1.807, 2.05) is 45.2 Å². The lowest BCUT2D eigenvalue weighted by Crippen LogP contribution is -2.30. The van der Waals surface area contributed by atoms with Gasteiger partial charge in [0.1, 0.15) is 11.2 Å². The molecule has 6 rings (SSSR count). The molecule has 0 atom stereocenters. The van der Waals surface area contributed by atoms with E-state index < -0.39 is 5.41 Å². The smallest absolute Gasteiger partial charge is 0.229 e. The summed E-state index contributed by atoms with van der Waals surface area (Å²) in [6.07, 6.45) is 10.6. The molecule has 188 valence electrons. The van der Waals surface area contributed by atoms with Gasteiger partial charge in [0.15, 0.2) is 11.6 Å². The molecule has 3 N–H and O–H groups in total. The number of amides is 1. The van der Waals surface area contributed by atoms with E-state index in [4.69, 9.17) is 4.98 Å². The van der Waals surface area contributed by atoms with Crippen LogP contribution in [0, 0.1) is 5.41 Å². The number of carbonyl (C=O) groups is 1. The lowest BCUT2D eigenvalue weighted by atomic mass is 9.95. The Balaban J connectivity index is 1.37. The quantitative estimate of drug-likeness (QED) is 0.322. The molecule has 6 heterocycles. The molecule has 0 aliphatic carbocycles. The lowest BCUT2D eigenvalue weighted by Gasteiger charge is -2.27. The normalized spacial score (nSPS) is 14.4. The van der Waals surface area contributed by atoms with Crippen LogP contribution in [-0.2, 0) is 4.79 Å². The predicted molar refractivity (Wildman–Crippen MR) is 144 cm³/mol. The van der Waals surface area contributed by atoms with Crippen LogP contribution in [0.3, 0.4) is 0 Å². The molecule has 37 heavy (non-hydrogen) atoms. The Morgan fingerprint density at radius 3 is 2.68 bits per heavy atom. The van der Waals surface area contributed by atoms with Crippen molar-refractivity contribution in [2.45, 2.75) is 40.0 Å². The summed E-state index contributed by atoms with van der Waals surface area (Å²) in [6, 6.07) is 5.80. The van der Waals surface area contributed by atoms with Gasteiger partial charge in [-0.1, -0.05) is 20.8 Å². The topological polar surface area (TPSA) is 128 Å². The van der Waals surface area contributed by atoms with Crippen LogP contribution in [0.15, 0.2) is 43.0 Å². The first kappa shape index (κ1) is 23.1. The van der Waals surface area contributed by atoms with E-state index in [1.165, 1.54) is 19.3 Å². The summed E-state index contributed by atoms with van der Waals surface area (Å²) in [5.41, 5.74) is 4.95. The van der Waals surface area contributed by atoms with Crippen molar-refractivity contribution < 1.29 is 4.79 Å². The fraction of sp³-hybridized carbons (Fsp3) is 0.333. The first-order chi connectivity index (χ1) is 17.9. The number of carbonyl (C=O) groups excluding carboxylic acids is 1. The summed E-state index contributed by atoms with van der Waals surface area (Å²) >= 11 is 0. The molecule has 10 nitrogen and oxygen atoms in total. The largest absolute Gasteiger partial charge is 0.355 e. The summed E-state index contributed by atoms with van der Waals surface area (Å²) in [5, 5.41) is 11.5. The number of H-pyrrole nitrogens is 2. The third-order valence-electron chi connectivity index (χ3n) is 6.68. The van der Waals surface area contributed by atoms with Crippen molar-refractivity contribution in [2.75, 3.05) is 23.3 Å². The highest BCUT2D eigenvalue weighted by atomic mass is 16.2. The molecule has 0 saturated carbocycles. The monoisotopic (exact) mass is 495 g/mol. The number of anilines is 2. The zero-order chi connectivity index (χ0) is 25.6. The highest BCUT2D eigenvalue weighted by Gasteiger charge is 2.22. The Morgan fingerprint density at radius 2 is 1.86 bits per heavy atom. The van der Waals surface area contributed by atoms with Gasteiger partial charge in [0, 0.05) is 41.8 Å². The van der Waals surface area contributed by atoms with Crippen molar-refractivity contribution in [2.24, 2.45) is 5.41 Å². The van der Waals surface area contributed by atoms with Crippen LogP contribution in [-0.4, -0.2) is 54.1 Å². The number of fused-ring (bicyclic) bond motifs is 2. The number of aromatic nitrogens is 7. The standard InChI is InChI=1S/C27H29N9O/c1-27(2,3)26(37)31-17-11-16(13-28-14-17)20-12-18-21(15-30-20)34-35-22(18)24-32-19-7-8-29-25(23(19)33-24)36-9-5-4-6-10-36/h7-8,11-15H,4-6,9-10H2,1-3H3,(H,31,37)(H,32,33)(H,34,35). The van der Waals surface area contributed by atoms with Crippen molar-refractivity contribution in [3.63, 3.8) is 0 Å². The van der Waals surface area contributed by atoms with Gasteiger partial charge in [-0.05, 0) is 37.5 Å². The average molecular weight is 496 g/mol. The molecule has 1 saturated heterocycles. The summed E-state index contributed by atoms with van der Waals surface area (Å²) < 4.78 is 0.